The highest BCUT2D eigenvalue weighted by Crippen LogP contribution is 2.32. The van der Waals surface area contributed by atoms with Gasteiger partial charge in [-0.25, -0.2) is 14.4 Å². The van der Waals surface area contributed by atoms with Crippen molar-refractivity contribution in [3.8, 4) is 22.8 Å². The molecule has 37 heavy (non-hydrogen) atoms. The van der Waals surface area contributed by atoms with Gasteiger partial charge in [0.15, 0.2) is 6.73 Å². The van der Waals surface area contributed by atoms with Crippen LogP contribution in [0.3, 0.4) is 0 Å². The monoisotopic (exact) mass is 507 g/mol. The Bertz CT molecular complexity index is 1410. The number of hydrogen-bond acceptors (Lipinski definition) is 8. The highest BCUT2D eigenvalue weighted by molar-refractivity contribution is 5.88. The van der Waals surface area contributed by atoms with Crippen molar-refractivity contribution in [3.63, 3.8) is 0 Å². The number of nitrogens with zero attached hydrogens (tertiary/aromatic N) is 3. The fraction of sp³-hybridized carbons (Fsp3) is 0.296. The van der Waals surface area contributed by atoms with E-state index in [-0.39, 0.29) is 18.5 Å². The van der Waals surface area contributed by atoms with E-state index in [2.05, 4.69) is 20.6 Å². The van der Waals surface area contributed by atoms with Gasteiger partial charge in [-0.2, -0.15) is 0 Å². The summed E-state index contributed by atoms with van der Waals surface area (Å²) >= 11 is 0. The number of benzene rings is 2. The topological polar surface area (TPSA) is 99.5 Å². The average molecular weight is 508 g/mol. The number of ether oxygens (including phenoxy) is 3. The van der Waals surface area contributed by atoms with Crippen molar-refractivity contribution >= 4 is 28.4 Å². The fourth-order valence-corrected chi connectivity index (χ4v) is 4.13. The van der Waals surface area contributed by atoms with Gasteiger partial charge in [-0.15, -0.1) is 0 Å². The van der Waals surface area contributed by atoms with Crippen LogP contribution < -0.4 is 20.1 Å². The first-order chi connectivity index (χ1) is 17.9. The molecule has 0 radical (unpaired) electrons. The molecule has 0 unspecified atom stereocenters. The first-order valence-electron chi connectivity index (χ1n) is 11.9. The molecule has 0 spiro atoms. The summed E-state index contributed by atoms with van der Waals surface area (Å²) in [6.07, 6.45) is 1.49. The zero-order valence-electron chi connectivity index (χ0n) is 21.3. The Morgan fingerprint density at radius 1 is 1.08 bits per heavy atom. The molecule has 2 N–H and O–H groups in total. The third kappa shape index (κ3) is 5.91. The lowest BCUT2D eigenvalue weighted by molar-refractivity contribution is -0.140. The number of hydrogen-bond donors (Lipinski definition) is 2. The fourth-order valence-electron chi connectivity index (χ4n) is 4.13. The number of carbonyl (C=O) groups excluding carboxylic acids is 1. The second-order valence-electron chi connectivity index (χ2n) is 8.27. The lowest BCUT2D eigenvalue weighted by Gasteiger charge is -2.14. The van der Waals surface area contributed by atoms with Crippen LogP contribution in [0.5, 0.6) is 11.5 Å². The molecule has 10 heteroatoms. The van der Waals surface area contributed by atoms with Crippen molar-refractivity contribution in [2.45, 2.75) is 27.3 Å². The quantitative estimate of drug-likeness (QED) is 0.216. The zero-order chi connectivity index (χ0) is 26.4. The average Bonchev–Trinajstić information content (AvgIpc) is 3.22. The van der Waals surface area contributed by atoms with Crippen molar-refractivity contribution in [1.29, 1.82) is 0 Å². The van der Waals surface area contributed by atoms with Crippen LogP contribution in [0.1, 0.15) is 19.5 Å². The number of aromatic nitrogens is 3. The van der Waals surface area contributed by atoms with E-state index in [1.807, 2.05) is 48.7 Å². The highest BCUT2D eigenvalue weighted by atomic mass is 19.1. The number of nitrogens with one attached hydrogen (secondary N) is 2. The normalized spacial score (nSPS) is 10.8. The van der Waals surface area contributed by atoms with Gasteiger partial charge in [0.05, 0.1) is 30.6 Å². The number of halogens is 1. The Morgan fingerprint density at radius 2 is 1.92 bits per heavy atom. The van der Waals surface area contributed by atoms with E-state index in [1.54, 1.807) is 13.2 Å². The lowest BCUT2D eigenvalue weighted by atomic mass is 10.1. The summed E-state index contributed by atoms with van der Waals surface area (Å²) in [7, 11) is 1.58. The van der Waals surface area contributed by atoms with E-state index in [0.717, 1.165) is 16.6 Å². The minimum atomic E-state index is -0.368. The number of methoxy groups -OCH3 is 1. The summed E-state index contributed by atoms with van der Waals surface area (Å²) in [5.74, 6) is 1.25. The van der Waals surface area contributed by atoms with Gasteiger partial charge in [0, 0.05) is 42.7 Å². The molecule has 0 aliphatic carbocycles. The van der Waals surface area contributed by atoms with E-state index >= 15 is 0 Å². The van der Waals surface area contributed by atoms with Crippen molar-refractivity contribution in [2.24, 2.45) is 0 Å². The maximum Gasteiger partial charge on any atom is 0.304 e. The summed E-state index contributed by atoms with van der Waals surface area (Å²) in [6.45, 7) is 6.78. The maximum atomic E-state index is 14.6. The molecule has 0 saturated heterocycles. The number of carbonyl (C=O) groups is 1. The molecule has 0 bridgehead atoms. The van der Waals surface area contributed by atoms with Gasteiger partial charge in [0.25, 0.3) is 0 Å². The number of esters is 1. The molecule has 0 atom stereocenters. The first-order valence-corrected chi connectivity index (χ1v) is 11.9. The van der Waals surface area contributed by atoms with Crippen molar-refractivity contribution in [3.05, 3.63) is 60.3 Å². The van der Waals surface area contributed by atoms with Crippen LogP contribution in [0, 0.1) is 12.7 Å². The first kappa shape index (κ1) is 25.7. The van der Waals surface area contributed by atoms with Gasteiger partial charge in [0.1, 0.15) is 29.5 Å². The lowest BCUT2D eigenvalue weighted by Crippen LogP contribution is -2.13. The van der Waals surface area contributed by atoms with Gasteiger partial charge >= 0.3 is 5.97 Å². The number of anilines is 2. The molecule has 2 heterocycles. The Kier molecular flexibility index (Phi) is 8.07. The Balaban J connectivity index is 1.48. The molecule has 2 aromatic heterocycles. The van der Waals surface area contributed by atoms with Gasteiger partial charge in [-0.05, 0) is 44.2 Å². The molecule has 0 aliphatic rings. The molecule has 194 valence electrons. The third-order valence-corrected chi connectivity index (χ3v) is 5.82. The van der Waals surface area contributed by atoms with E-state index in [0.29, 0.717) is 53.9 Å². The maximum absolute atomic E-state index is 14.6. The summed E-state index contributed by atoms with van der Waals surface area (Å²) in [5.41, 5.74) is 3.72. The molecule has 0 aliphatic heterocycles. The molecule has 9 nitrogen and oxygen atoms in total. The van der Waals surface area contributed by atoms with Gasteiger partial charge in [-0.1, -0.05) is 6.07 Å². The molecule has 2 aromatic carbocycles. The SMILES string of the molecule is CCOc1cc(-c2cc(NCCn3c(C)cc4c(OC)ccc(F)c43)ncn2)ccc1NCOC(C)=O. The molecular formula is C27H30FN5O4. The second-order valence-corrected chi connectivity index (χ2v) is 8.27. The van der Waals surface area contributed by atoms with E-state index in [4.69, 9.17) is 14.2 Å². The summed E-state index contributed by atoms with van der Waals surface area (Å²) < 4.78 is 32.7. The summed E-state index contributed by atoms with van der Waals surface area (Å²) in [5, 5.41) is 7.09. The Morgan fingerprint density at radius 3 is 2.68 bits per heavy atom. The van der Waals surface area contributed by atoms with Crippen molar-refractivity contribution in [2.75, 3.05) is 37.6 Å². The number of fused-ring (bicyclic) bond motifs is 1. The van der Waals surface area contributed by atoms with Crippen LogP contribution in [0.2, 0.25) is 0 Å². The van der Waals surface area contributed by atoms with Crippen LogP contribution in [-0.2, 0) is 16.1 Å². The molecule has 0 saturated carbocycles. The van der Waals surface area contributed by atoms with Gasteiger partial charge in [0.2, 0.25) is 0 Å². The predicted octanol–water partition coefficient (Wildman–Crippen LogP) is 5.00. The van der Waals surface area contributed by atoms with Crippen molar-refractivity contribution in [1.82, 2.24) is 14.5 Å². The van der Waals surface area contributed by atoms with Crippen LogP contribution in [0.25, 0.3) is 22.2 Å². The largest absolute Gasteiger partial charge is 0.496 e. The standard InChI is InChI=1S/C27H30FN5O4/c1-5-36-25-13-19(6-8-22(25)32-16-37-18(3)34)23-14-26(31-15-30-23)29-10-11-33-17(2)12-20-24(35-4)9-7-21(28)27(20)33/h6-9,12-15,32H,5,10-11,16H2,1-4H3,(H,29,30,31). The molecule has 0 amide bonds. The minimum absolute atomic E-state index is 0.0448. The smallest absolute Gasteiger partial charge is 0.304 e. The van der Waals surface area contributed by atoms with E-state index in [9.17, 15) is 9.18 Å². The molecular weight excluding hydrogens is 477 g/mol. The van der Waals surface area contributed by atoms with Crippen LogP contribution in [0.4, 0.5) is 15.9 Å². The summed E-state index contributed by atoms with van der Waals surface area (Å²) in [6, 6.07) is 12.5. The van der Waals surface area contributed by atoms with Crippen LogP contribution >= 0.6 is 0 Å². The van der Waals surface area contributed by atoms with Crippen molar-refractivity contribution < 1.29 is 23.4 Å². The molecule has 4 rings (SSSR count). The van der Waals surface area contributed by atoms with E-state index < -0.39 is 0 Å². The zero-order valence-corrected chi connectivity index (χ0v) is 21.3. The Labute approximate surface area is 214 Å². The number of aryl methyl sites for hydroxylation is 1. The van der Waals surface area contributed by atoms with Crippen LogP contribution in [0.15, 0.2) is 48.8 Å². The summed E-state index contributed by atoms with van der Waals surface area (Å²) in [4.78, 5) is 19.8. The third-order valence-electron chi connectivity index (χ3n) is 5.82. The highest BCUT2D eigenvalue weighted by Gasteiger charge is 2.14. The molecule has 4 aromatic rings. The van der Waals surface area contributed by atoms with Gasteiger partial charge in [-0.3, -0.25) is 4.79 Å². The molecule has 0 fully saturated rings. The minimum Gasteiger partial charge on any atom is -0.496 e. The van der Waals surface area contributed by atoms with E-state index in [1.165, 1.54) is 19.3 Å². The van der Waals surface area contributed by atoms with Gasteiger partial charge < -0.3 is 29.4 Å². The Hall–Kier alpha value is -4.34. The van der Waals surface area contributed by atoms with Crippen LogP contribution in [-0.4, -0.2) is 47.5 Å². The number of rotatable bonds is 11. The second kappa shape index (κ2) is 11.6. The predicted molar refractivity (Wildman–Crippen MR) is 141 cm³/mol.